The third-order valence-corrected chi connectivity index (χ3v) is 3.58. The molecule has 0 amide bonds. The van der Waals surface area contributed by atoms with Crippen molar-refractivity contribution in [1.29, 1.82) is 0 Å². The van der Waals surface area contributed by atoms with Gasteiger partial charge in [0, 0.05) is 6.21 Å². The van der Waals surface area contributed by atoms with Gasteiger partial charge >= 0.3 is 6.18 Å². The summed E-state index contributed by atoms with van der Waals surface area (Å²) in [6.07, 6.45) is -3.92. The predicted octanol–water partition coefficient (Wildman–Crippen LogP) is 3.62. The number of ether oxygens (including phenoxy) is 1. The van der Waals surface area contributed by atoms with E-state index in [0.29, 0.717) is 10.8 Å². The molecular formula is C12H11BrF4N2O. The van der Waals surface area contributed by atoms with E-state index in [1.165, 1.54) is 19.1 Å². The molecule has 2 heterocycles. The second-order valence-corrected chi connectivity index (χ2v) is 5.70. The van der Waals surface area contributed by atoms with E-state index in [0.717, 1.165) is 6.92 Å². The molecule has 110 valence electrons. The predicted molar refractivity (Wildman–Crippen MR) is 68.2 cm³/mol. The molecule has 1 aliphatic heterocycles. The molecule has 2 rings (SSSR count). The Labute approximate surface area is 121 Å². The van der Waals surface area contributed by atoms with Crippen molar-refractivity contribution in [2.24, 2.45) is 4.99 Å². The summed E-state index contributed by atoms with van der Waals surface area (Å²) in [4.78, 5) is 7.80. The molecule has 3 nitrogen and oxygen atoms in total. The van der Waals surface area contributed by atoms with Gasteiger partial charge in [-0.25, -0.2) is 9.37 Å². The second kappa shape index (κ2) is 4.77. The van der Waals surface area contributed by atoms with Crippen LogP contribution in [0.4, 0.5) is 17.6 Å². The summed E-state index contributed by atoms with van der Waals surface area (Å²) in [6.45, 7) is 1.93. The molecule has 0 fully saturated rings. The third kappa shape index (κ3) is 2.58. The number of rotatable bonds is 1. The van der Waals surface area contributed by atoms with Gasteiger partial charge in [-0.1, -0.05) is 0 Å². The van der Waals surface area contributed by atoms with E-state index in [-0.39, 0.29) is 5.69 Å². The van der Waals surface area contributed by atoms with Crippen molar-refractivity contribution in [3.63, 3.8) is 0 Å². The number of nitrogens with zero attached hydrogens (tertiary/aromatic N) is 2. The molecule has 2 atom stereocenters. The average Bonchev–Trinajstić information content (AvgIpc) is 2.35. The summed E-state index contributed by atoms with van der Waals surface area (Å²) in [5.41, 5.74) is -3.82. The number of pyridine rings is 1. The largest absolute Gasteiger partial charge is 0.422 e. The van der Waals surface area contributed by atoms with Gasteiger partial charge in [0.1, 0.15) is 21.7 Å². The van der Waals surface area contributed by atoms with Gasteiger partial charge in [0.25, 0.3) is 0 Å². The molecule has 0 saturated heterocycles. The maximum atomic E-state index is 13.8. The Morgan fingerprint density at radius 3 is 2.45 bits per heavy atom. The van der Waals surface area contributed by atoms with Crippen molar-refractivity contribution >= 4 is 22.1 Å². The number of alkyl halides is 3. The van der Waals surface area contributed by atoms with Crippen LogP contribution >= 0.6 is 15.9 Å². The normalized spacial score (nSPS) is 30.6. The van der Waals surface area contributed by atoms with Crippen LogP contribution in [0.15, 0.2) is 21.7 Å². The van der Waals surface area contributed by atoms with E-state index in [4.69, 9.17) is 4.74 Å². The van der Waals surface area contributed by atoms with Crippen LogP contribution < -0.4 is 0 Å². The van der Waals surface area contributed by atoms with Crippen LogP contribution in [0.1, 0.15) is 19.5 Å². The van der Waals surface area contributed by atoms with Crippen LogP contribution in [0.3, 0.4) is 0 Å². The van der Waals surface area contributed by atoms with Gasteiger partial charge in [-0.2, -0.15) is 13.2 Å². The molecule has 0 radical (unpaired) electrons. The number of aliphatic imine (C=N–C) groups is 1. The Bertz CT molecular complexity index is 563. The van der Waals surface area contributed by atoms with Crippen LogP contribution in [-0.2, 0) is 10.3 Å². The third-order valence-electron chi connectivity index (χ3n) is 3.13. The molecule has 8 heteroatoms. The fourth-order valence-electron chi connectivity index (χ4n) is 1.71. The average molecular weight is 355 g/mol. The number of aromatic nitrogens is 1. The van der Waals surface area contributed by atoms with E-state index in [1.807, 2.05) is 0 Å². The van der Waals surface area contributed by atoms with E-state index in [9.17, 15) is 17.6 Å². The van der Waals surface area contributed by atoms with Gasteiger partial charge < -0.3 is 4.74 Å². The highest BCUT2D eigenvalue weighted by molar-refractivity contribution is 9.10. The van der Waals surface area contributed by atoms with Crippen LogP contribution in [0.25, 0.3) is 0 Å². The number of hydrogen-bond acceptors (Lipinski definition) is 3. The van der Waals surface area contributed by atoms with Crippen LogP contribution in [0, 0.1) is 5.82 Å². The van der Waals surface area contributed by atoms with Gasteiger partial charge in [-0.3, -0.25) is 4.99 Å². The highest BCUT2D eigenvalue weighted by Crippen LogP contribution is 2.39. The van der Waals surface area contributed by atoms with E-state index in [2.05, 4.69) is 25.9 Å². The fraction of sp³-hybridized carbons (Fsp3) is 0.500. The monoisotopic (exact) mass is 354 g/mol. The minimum Gasteiger partial charge on any atom is -0.357 e. The highest BCUT2D eigenvalue weighted by atomic mass is 79.9. The van der Waals surface area contributed by atoms with Crippen molar-refractivity contribution in [3.8, 4) is 0 Å². The summed E-state index contributed by atoms with van der Waals surface area (Å²) in [7, 11) is 0. The summed E-state index contributed by atoms with van der Waals surface area (Å²) < 4.78 is 57.5. The fourth-order valence-corrected chi connectivity index (χ4v) is 2.02. The lowest BCUT2D eigenvalue weighted by atomic mass is 9.95. The number of halogens is 5. The van der Waals surface area contributed by atoms with Crippen LogP contribution in [0.2, 0.25) is 0 Å². The molecule has 1 aliphatic rings. The summed E-state index contributed by atoms with van der Waals surface area (Å²) in [5.74, 6) is -0.646. The highest BCUT2D eigenvalue weighted by Gasteiger charge is 2.55. The SMILES string of the molecule is C[C@]1(C(F)(F)F)C=N[C@](C)(c2nc(Br)ccc2F)CO1. The van der Waals surface area contributed by atoms with Crippen molar-refractivity contribution in [1.82, 2.24) is 4.98 Å². The maximum Gasteiger partial charge on any atom is 0.422 e. The minimum atomic E-state index is -4.58. The minimum absolute atomic E-state index is 0.0626. The quantitative estimate of drug-likeness (QED) is 0.570. The zero-order chi connectivity index (χ0) is 15.2. The summed E-state index contributed by atoms with van der Waals surface area (Å²) in [6, 6.07) is 2.57. The number of hydrogen-bond donors (Lipinski definition) is 0. The Balaban J connectivity index is 2.40. The first-order valence-electron chi connectivity index (χ1n) is 5.67. The lowest BCUT2D eigenvalue weighted by Crippen LogP contribution is -2.52. The van der Waals surface area contributed by atoms with Gasteiger partial charge in [0.05, 0.1) is 6.61 Å². The first kappa shape index (κ1) is 15.4. The molecule has 0 unspecified atom stereocenters. The molecule has 20 heavy (non-hydrogen) atoms. The standard InChI is InChI=1S/C12H11BrF4N2O/c1-10(9-7(14)3-4-8(13)19-9)6-20-11(2,5-18-10)12(15,16)17/h3-5H,6H2,1-2H3/t10-,11+/m0/s1. The van der Waals surface area contributed by atoms with Crippen molar-refractivity contribution in [2.75, 3.05) is 6.61 Å². The van der Waals surface area contributed by atoms with Gasteiger partial charge in [0.2, 0.25) is 0 Å². The van der Waals surface area contributed by atoms with Crippen LogP contribution in [0.5, 0.6) is 0 Å². The molecule has 0 bridgehead atoms. The van der Waals surface area contributed by atoms with Crippen molar-refractivity contribution in [2.45, 2.75) is 31.2 Å². The molecular weight excluding hydrogens is 344 g/mol. The van der Waals surface area contributed by atoms with E-state index < -0.39 is 29.7 Å². The molecule has 1 aromatic rings. The first-order valence-corrected chi connectivity index (χ1v) is 6.46. The zero-order valence-corrected chi connectivity index (χ0v) is 12.2. The van der Waals surface area contributed by atoms with Crippen LogP contribution in [-0.4, -0.2) is 29.6 Å². The van der Waals surface area contributed by atoms with Gasteiger partial charge in [-0.15, -0.1) is 0 Å². The van der Waals surface area contributed by atoms with Crippen molar-refractivity contribution < 1.29 is 22.3 Å². The summed E-state index contributed by atoms with van der Waals surface area (Å²) >= 11 is 3.09. The molecule has 0 aromatic carbocycles. The lowest BCUT2D eigenvalue weighted by Gasteiger charge is -2.37. The van der Waals surface area contributed by atoms with E-state index in [1.54, 1.807) is 0 Å². The molecule has 0 saturated carbocycles. The molecule has 0 spiro atoms. The Hall–Kier alpha value is -1.02. The lowest BCUT2D eigenvalue weighted by molar-refractivity contribution is -0.247. The van der Waals surface area contributed by atoms with E-state index >= 15 is 0 Å². The van der Waals surface area contributed by atoms with Crippen molar-refractivity contribution in [3.05, 3.63) is 28.2 Å². The summed E-state index contributed by atoms with van der Waals surface area (Å²) in [5, 5.41) is 0. The molecule has 1 aromatic heterocycles. The van der Waals surface area contributed by atoms with Gasteiger partial charge in [-0.05, 0) is 41.9 Å². The smallest absolute Gasteiger partial charge is 0.357 e. The molecule has 0 aliphatic carbocycles. The Morgan fingerprint density at radius 1 is 1.30 bits per heavy atom. The second-order valence-electron chi connectivity index (χ2n) is 4.89. The zero-order valence-electron chi connectivity index (χ0n) is 10.6. The Kier molecular flexibility index (Phi) is 3.66. The molecule has 0 N–H and O–H groups in total. The van der Waals surface area contributed by atoms with Gasteiger partial charge in [0.15, 0.2) is 5.60 Å². The topological polar surface area (TPSA) is 34.5 Å². The first-order chi connectivity index (χ1) is 9.07. The Morgan fingerprint density at radius 2 is 1.95 bits per heavy atom. The maximum absolute atomic E-state index is 13.8.